The molecule has 0 N–H and O–H groups in total. The highest BCUT2D eigenvalue weighted by Gasteiger charge is 2.27. The van der Waals surface area contributed by atoms with Gasteiger partial charge >= 0.3 is 0 Å². The second-order valence-electron chi connectivity index (χ2n) is 5.70. The molecule has 1 aliphatic heterocycles. The summed E-state index contributed by atoms with van der Waals surface area (Å²) in [4.78, 5) is 38.0. The highest BCUT2D eigenvalue weighted by atomic mass is 35.5. The van der Waals surface area contributed by atoms with Crippen LogP contribution in [0, 0.1) is 16.0 Å². The summed E-state index contributed by atoms with van der Waals surface area (Å²) in [6.07, 6.45) is 0. The van der Waals surface area contributed by atoms with Gasteiger partial charge in [-0.2, -0.15) is 0 Å². The standard InChI is InChI=1S/C15H18ClN3O4/c1-10(2)14(20)17-5-7-18(8-6-17)15(21)11-3-4-12(16)13(9-11)19(22)23/h3-4,9-10H,5-8H2,1-2H3. The van der Waals surface area contributed by atoms with Gasteiger partial charge in [0.25, 0.3) is 11.6 Å². The Balaban J connectivity index is 2.07. The Morgan fingerprint density at radius 3 is 2.26 bits per heavy atom. The summed E-state index contributed by atoms with van der Waals surface area (Å²) in [6, 6.07) is 4.02. The minimum atomic E-state index is -0.613. The topological polar surface area (TPSA) is 83.8 Å². The van der Waals surface area contributed by atoms with Gasteiger partial charge in [-0.05, 0) is 12.1 Å². The molecular weight excluding hydrogens is 322 g/mol. The molecule has 0 bridgehead atoms. The van der Waals surface area contributed by atoms with Crippen molar-refractivity contribution in [2.45, 2.75) is 13.8 Å². The predicted octanol–water partition coefficient (Wildman–Crippen LogP) is 2.19. The number of halogens is 1. The molecule has 0 unspecified atom stereocenters. The van der Waals surface area contributed by atoms with E-state index in [0.29, 0.717) is 26.2 Å². The van der Waals surface area contributed by atoms with E-state index in [1.54, 1.807) is 9.80 Å². The van der Waals surface area contributed by atoms with Crippen LogP contribution in [0.3, 0.4) is 0 Å². The van der Waals surface area contributed by atoms with Crippen molar-refractivity contribution in [2.75, 3.05) is 26.2 Å². The molecule has 2 amide bonds. The summed E-state index contributed by atoms with van der Waals surface area (Å²) in [6.45, 7) is 5.44. The fraction of sp³-hybridized carbons (Fsp3) is 0.467. The van der Waals surface area contributed by atoms with Crippen molar-refractivity contribution in [1.82, 2.24) is 9.80 Å². The van der Waals surface area contributed by atoms with Crippen LogP contribution in [0.15, 0.2) is 18.2 Å². The van der Waals surface area contributed by atoms with Crippen molar-refractivity contribution < 1.29 is 14.5 Å². The van der Waals surface area contributed by atoms with Crippen molar-refractivity contribution in [2.24, 2.45) is 5.92 Å². The highest BCUT2D eigenvalue weighted by molar-refractivity contribution is 6.32. The maximum atomic E-state index is 12.5. The molecule has 0 aromatic heterocycles. The van der Waals surface area contributed by atoms with Gasteiger partial charge in [-0.3, -0.25) is 19.7 Å². The quantitative estimate of drug-likeness (QED) is 0.624. The number of nitrogens with zero attached hydrogens (tertiary/aromatic N) is 3. The van der Waals surface area contributed by atoms with Crippen molar-refractivity contribution in [3.63, 3.8) is 0 Å². The van der Waals surface area contributed by atoms with E-state index in [-0.39, 0.29) is 34.0 Å². The lowest BCUT2D eigenvalue weighted by Gasteiger charge is -2.35. The predicted molar refractivity (Wildman–Crippen MR) is 85.4 cm³/mol. The van der Waals surface area contributed by atoms with Crippen LogP contribution in [0.25, 0.3) is 0 Å². The zero-order valence-electron chi connectivity index (χ0n) is 13.0. The Labute approximate surface area is 139 Å². The molecule has 0 atom stereocenters. The van der Waals surface area contributed by atoms with E-state index in [9.17, 15) is 19.7 Å². The van der Waals surface area contributed by atoms with Gasteiger partial charge in [0.15, 0.2) is 0 Å². The Kier molecular flexibility index (Phi) is 5.20. The number of benzene rings is 1. The lowest BCUT2D eigenvalue weighted by molar-refractivity contribution is -0.384. The third kappa shape index (κ3) is 3.79. The van der Waals surface area contributed by atoms with Gasteiger partial charge in [-0.25, -0.2) is 0 Å². The van der Waals surface area contributed by atoms with E-state index in [0.717, 1.165) is 0 Å². The second-order valence-corrected chi connectivity index (χ2v) is 6.10. The molecule has 2 rings (SSSR count). The monoisotopic (exact) mass is 339 g/mol. The first kappa shape index (κ1) is 17.2. The van der Waals surface area contributed by atoms with E-state index in [2.05, 4.69) is 0 Å². The number of nitro groups is 1. The van der Waals surface area contributed by atoms with Crippen molar-refractivity contribution >= 4 is 29.1 Å². The van der Waals surface area contributed by atoms with Crippen LogP contribution in [-0.2, 0) is 4.79 Å². The number of hydrogen-bond donors (Lipinski definition) is 0. The molecule has 0 saturated carbocycles. The Bertz CT molecular complexity index is 640. The average Bonchev–Trinajstić information content (AvgIpc) is 2.53. The van der Waals surface area contributed by atoms with Gasteiger partial charge in [0.05, 0.1) is 4.92 Å². The molecule has 1 aromatic rings. The normalized spacial score (nSPS) is 15.0. The minimum Gasteiger partial charge on any atom is -0.339 e. The molecule has 7 nitrogen and oxygen atoms in total. The molecule has 1 fully saturated rings. The molecule has 0 radical (unpaired) electrons. The lowest BCUT2D eigenvalue weighted by atomic mass is 10.1. The van der Waals surface area contributed by atoms with Crippen molar-refractivity contribution in [3.8, 4) is 0 Å². The molecule has 1 aromatic carbocycles. The van der Waals surface area contributed by atoms with Crippen LogP contribution in [0.1, 0.15) is 24.2 Å². The van der Waals surface area contributed by atoms with Crippen LogP contribution in [-0.4, -0.2) is 52.7 Å². The van der Waals surface area contributed by atoms with E-state index in [1.165, 1.54) is 18.2 Å². The highest BCUT2D eigenvalue weighted by Crippen LogP contribution is 2.25. The SMILES string of the molecule is CC(C)C(=O)N1CCN(C(=O)c2ccc(Cl)c([N+](=O)[O-])c2)CC1. The second kappa shape index (κ2) is 6.95. The third-order valence-electron chi connectivity index (χ3n) is 3.76. The molecule has 1 saturated heterocycles. The average molecular weight is 340 g/mol. The fourth-order valence-electron chi connectivity index (χ4n) is 2.46. The van der Waals surface area contributed by atoms with Gasteiger partial charge in [0.2, 0.25) is 5.91 Å². The summed E-state index contributed by atoms with van der Waals surface area (Å²) in [7, 11) is 0. The first-order valence-corrected chi connectivity index (χ1v) is 7.71. The molecule has 23 heavy (non-hydrogen) atoms. The number of piperazine rings is 1. The van der Waals surface area contributed by atoms with Crippen LogP contribution in [0.4, 0.5) is 5.69 Å². The number of carbonyl (C=O) groups excluding carboxylic acids is 2. The maximum Gasteiger partial charge on any atom is 0.288 e. The molecule has 1 aliphatic rings. The summed E-state index contributed by atoms with van der Waals surface area (Å²) >= 11 is 5.75. The number of carbonyl (C=O) groups is 2. The largest absolute Gasteiger partial charge is 0.339 e. The van der Waals surface area contributed by atoms with Crippen LogP contribution < -0.4 is 0 Å². The maximum absolute atomic E-state index is 12.5. The van der Waals surface area contributed by atoms with Gasteiger partial charge < -0.3 is 9.80 Å². The van der Waals surface area contributed by atoms with E-state index < -0.39 is 4.92 Å². The Morgan fingerprint density at radius 2 is 1.74 bits per heavy atom. The number of nitro benzene ring substituents is 1. The van der Waals surface area contributed by atoms with Crippen molar-refractivity contribution in [1.29, 1.82) is 0 Å². The van der Waals surface area contributed by atoms with Gasteiger partial charge in [-0.15, -0.1) is 0 Å². The van der Waals surface area contributed by atoms with Gasteiger partial charge in [-0.1, -0.05) is 25.4 Å². The van der Waals surface area contributed by atoms with Crippen molar-refractivity contribution in [3.05, 3.63) is 38.9 Å². The summed E-state index contributed by atoms with van der Waals surface area (Å²) in [5.74, 6) is -0.295. The van der Waals surface area contributed by atoms with Gasteiger partial charge in [0, 0.05) is 43.7 Å². The fourth-order valence-corrected chi connectivity index (χ4v) is 2.65. The zero-order valence-corrected chi connectivity index (χ0v) is 13.7. The molecule has 0 aliphatic carbocycles. The zero-order chi connectivity index (χ0) is 17.1. The first-order valence-electron chi connectivity index (χ1n) is 7.33. The Hall–Kier alpha value is -2.15. The molecule has 1 heterocycles. The van der Waals surface area contributed by atoms with Crippen LogP contribution in [0.5, 0.6) is 0 Å². The summed E-state index contributed by atoms with van der Waals surface area (Å²) in [5.41, 5.74) is -0.0594. The molecular formula is C15H18ClN3O4. The summed E-state index contributed by atoms with van der Waals surface area (Å²) in [5, 5.41) is 10.9. The smallest absolute Gasteiger partial charge is 0.288 e. The summed E-state index contributed by atoms with van der Waals surface area (Å²) < 4.78 is 0. The molecule has 8 heteroatoms. The van der Waals surface area contributed by atoms with E-state index in [4.69, 9.17) is 11.6 Å². The third-order valence-corrected chi connectivity index (χ3v) is 4.08. The molecule has 124 valence electrons. The number of amides is 2. The Morgan fingerprint density at radius 1 is 1.17 bits per heavy atom. The number of hydrogen-bond acceptors (Lipinski definition) is 4. The van der Waals surface area contributed by atoms with Crippen LogP contribution in [0.2, 0.25) is 5.02 Å². The van der Waals surface area contributed by atoms with E-state index >= 15 is 0 Å². The minimum absolute atomic E-state index is 0.00102. The molecule has 0 spiro atoms. The van der Waals surface area contributed by atoms with E-state index in [1.807, 2.05) is 13.8 Å². The lowest BCUT2D eigenvalue weighted by Crippen LogP contribution is -2.51. The first-order chi connectivity index (χ1) is 10.8. The van der Waals surface area contributed by atoms with Crippen LogP contribution >= 0.6 is 11.6 Å². The van der Waals surface area contributed by atoms with Gasteiger partial charge in [0.1, 0.15) is 5.02 Å². The number of rotatable bonds is 3.